The second-order valence-corrected chi connectivity index (χ2v) is 8.32. The van der Waals surface area contributed by atoms with Crippen molar-refractivity contribution in [3.8, 4) is 0 Å². The highest BCUT2D eigenvalue weighted by Crippen LogP contribution is 2.32. The lowest BCUT2D eigenvalue weighted by atomic mass is 10.1. The van der Waals surface area contributed by atoms with Gasteiger partial charge in [-0.05, 0) is 37.8 Å². The van der Waals surface area contributed by atoms with Crippen LogP contribution in [0.15, 0.2) is 18.2 Å². The average Bonchev–Trinajstić information content (AvgIpc) is 3.18. The number of amides is 2. The molecule has 0 radical (unpaired) electrons. The van der Waals surface area contributed by atoms with Crippen LogP contribution in [-0.4, -0.2) is 28.3 Å². The molecule has 1 unspecified atom stereocenters. The summed E-state index contributed by atoms with van der Waals surface area (Å²) in [4.78, 5) is 42.2. The van der Waals surface area contributed by atoms with Crippen molar-refractivity contribution >= 4 is 39.7 Å². The van der Waals surface area contributed by atoms with E-state index in [0.717, 1.165) is 43.5 Å². The molecule has 29 heavy (non-hydrogen) atoms. The summed E-state index contributed by atoms with van der Waals surface area (Å²) in [6.07, 6.45) is 5.29. The van der Waals surface area contributed by atoms with Crippen LogP contribution in [0.2, 0.25) is 0 Å². The van der Waals surface area contributed by atoms with E-state index < -0.39 is 22.3 Å². The van der Waals surface area contributed by atoms with Crippen LogP contribution in [0.3, 0.4) is 0 Å². The molecule has 152 valence electrons. The number of fused-ring (bicyclic) bond motifs is 1. The average molecular weight is 418 g/mol. The number of aryl methyl sites for hydroxylation is 2. The van der Waals surface area contributed by atoms with Crippen LogP contribution in [0.5, 0.6) is 0 Å². The summed E-state index contributed by atoms with van der Waals surface area (Å²) in [5.74, 6) is -2.21. The maximum Gasteiger partial charge on any atom is 0.306 e. The van der Waals surface area contributed by atoms with E-state index in [1.54, 1.807) is 0 Å². The van der Waals surface area contributed by atoms with Gasteiger partial charge in [0.05, 0.1) is 22.2 Å². The van der Waals surface area contributed by atoms with Crippen molar-refractivity contribution < 1.29 is 18.9 Å². The summed E-state index contributed by atoms with van der Waals surface area (Å²) < 4.78 is 13.6. The van der Waals surface area contributed by atoms with E-state index in [9.17, 15) is 24.1 Å². The molecule has 2 amide bonds. The molecule has 2 heterocycles. The van der Waals surface area contributed by atoms with E-state index in [1.165, 1.54) is 33.6 Å². The first-order valence-electron chi connectivity index (χ1n) is 9.46. The molecule has 1 aromatic heterocycles. The largest absolute Gasteiger partial charge is 0.311 e. The van der Waals surface area contributed by atoms with Gasteiger partial charge in [0.1, 0.15) is 0 Å². The number of hydrogen-bond donors (Lipinski definition) is 1. The normalized spacial score (nSPS) is 19.0. The lowest BCUT2D eigenvalue weighted by Gasteiger charge is -2.16. The predicted molar refractivity (Wildman–Crippen MR) is 106 cm³/mol. The second-order valence-electron chi connectivity index (χ2n) is 7.24. The Morgan fingerprint density at radius 3 is 2.90 bits per heavy atom. The molecule has 0 spiro atoms. The number of nitro groups is 1. The van der Waals surface area contributed by atoms with E-state index in [1.807, 2.05) is 0 Å². The van der Waals surface area contributed by atoms with Crippen molar-refractivity contribution in [3.05, 3.63) is 44.7 Å². The third-order valence-corrected chi connectivity index (χ3v) is 6.33. The number of nitrogens with one attached hydrogen (secondary N) is 1. The Morgan fingerprint density at radius 2 is 2.10 bits per heavy atom. The molecule has 2 aromatic rings. The summed E-state index contributed by atoms with van der Waals surface area (Å²) in [7, 11) is 0. The van der Waals surface area contributed by atoms with E-state index in [-0.39, 0.29) is 30.5 Å². The fourth-order valence-electron chi connectivity index (χ4n) is 3.73. The SMILES string of the molecule is O=C(Nc1nc2c(s1)CCCCC2)C1CC(=O)N(c2ccc(F)c([N+](=O)[O-])c2)C1. The Hall–Kier alpha value is -2.88. The monoisotopic (exact) mass is 418 g/mol. The first kappa shape index (κ1) is 19.4. The quantitative estimate of drug-likeness (QED) is 0.465. The first-order chi connectivity index (χ1) is 13.9. The van der Waals surface area contributed by atoms with Crippen LogP contribution in [-0.2, 0) is 22.4 Å². The van der Waals surface area contributed by atoms with Crippen LogP contribution in [0.1, 0.15) is 36.3 Å². The number of halogens is 1. The highest BCUT2D eigenvalue weighted by Gasteiger charge is 2.36. The molecule has 0 saturated carbocycles. The van der Waals surface area contributed by atoms with Crippen LogP contribution in [0.25, 0.3) is 0 Å². The molecule has 1 atom stereocenters. The highest BCUT2D eigenvalue weighted by molar-refractivity contribution is 7.15. The van der Waals surface area contributed by atoms with Gasteiger partial charge >= 0.3 is 5.69 Å². The number of benzene rings is 1. The summed E-state index contributed by atoms with van der Waals surface area (Å²) >= 11 is 1.48. The Bertz CT molecular complexity index is 969. The second kappa shape index (κ2) is 7.86. The van der Waals surface area contributed by atoms with E-state index in [0.29, 0.717) is 5.13 Å². The van der Waals surface area contributed by atoms with E-state index in [2.05, 4.69) is 10.3 Å². The lowest BCUT2D eigenvalue weighted by molar-refractivity contribution is -0.387. The molecule has 1 aliphatic heterocycles. The standard InChI is InChI=1S/C19H19FN4O4S/c20-13-7-6-12(9-15(13)24(27)28)23-10-11(8-17(23)25)18(26)22-19-21-14-4-2-1-3-5-16(14)29-19/h6-7,9,11H,1-5,8,10H2,(H,21,22,26). The molecule has 4 rings (SSSR count). The fourth-order valence-corrected chi connectivity index (χ4v) is 4.78. The first-order valence-corrected chi connectivity index (χ1v) is 10.3. The maximum atomic E-state index is 13.6. The predicted octanol–water partition coefficient (Wildman–Crippen LogP) is 3.45. The van der Waals surface area contributed by atoms with Crippen molar-refractivity contribution in [2.24, 2.45) is 5.92 Å². The molecule has 1 aliphatic carbocycles. The molecular weight excluding hydrogens is 399 g/mol. The summed E-state index contributed by atoms with van der Waals surface area (Å²) in [5.41, 5.74) is 0.553. The van der Waals surface area contributed by atoms with E-state index in [4.69, 9.17) is 0 Å². The number of nitrogens with zero attached hydrogens (tertiary/aromatic N) is 3. The Kier molecular flexibility index (Phi) is 5.27. The Morgan fingerprint density at radius 1 is 1.31 bits per heavy atom. The number of carbonyl (C=O) groups excluding carboxylic acids is 2. The highest BCUT2D eigenvalue weighted by atomic mass is 32.1. The number of carbonyl (C=O) groups is 2. The van der Waals surface area contributed by atoms with Gasteiger partial charge in [-0.3, -0.25) is 19.7 Å². The number of aromatic nitrogens is 1. The fraction of sp³-hybridized carbons (Fsp3) is 0.421. The molecule has 1 fully saturated rings. The van der Waals surface area contributed by atoms with Crippen molar-refractivity contribution in [2.75, 3.05) is 16.8 Å². The number of anilines is 2. The third kappa shape index (κ3) is 3.98. The maximum absolute atomic E-state index is 13.6. The molecular formula is C19H19FN4O4S. The third-order valence-electron chi connectivity index (χ3n) is 5.26. The van der Waals surface area contributed by atoms with Crippen LogP contribution in [0, 0.1) is 21.8 Å². The van der Waals surface area contributed by atoms with Gasteiger partial charge in [-0.15, -0.1) is 11.3 Å². The minimum absolute atomic E-state index is 0.0118. The summed E-state index contributed by atoms with van der Waals surface area (Å²) in [6.45, 7) is 0.0819. The molecule has 8 nitrogen and oxygen atoms in total. The van der Waals surface area contributed by atoms with Crippen LogP contribution >= 0.6 is 11.3 Å². The zero-order valence-electron chi connectivity index (χ0n) is 15.5. The van der Waals surface area contributed by atoms with E-state index >= 15 is 0 Å². The van der Waals surface area contributed by atoms with Gasteiger partial charge in [0.25, 0.3) is 0 Å². The number of thiazole rings is 1. The summed E-state index contributed by atoms with van der Waals surface area (Å²) in [6, 6.07) is 3.28. The smallest absolute Gasteiger partial charge is 0.306 e. The number of rotatable bonds is 4. The molecule has 0 bridgehead atoms. The zero-order chi connectivity index (χ0) is 20.5. The lowest BCUT2D eigenvalue weighted by Crippen LogP contribution is -2.28. The van der Waals surface area contributed by atoms with Gasteiger partial charge in [0.15, 0.2) is 5.13 Å². The zero-order valence-corrected chi connectivity index (χ0v) is 16.3. The molecule has 1 N–H and O–H groups in total. The van der Waals surface area contributed by atoms with Crippen molar-refractivity contribution in [2.45, 2.75) is 38.5 Å². The number of nitro benzene ring substituents is 1. The van der Waals surface area contributed by atoms with Crippen molar-refractivity contribution in [1.82, 2.24) is 4.98 Å². The topological polar surface area (TPSA) is 105 Å². The van der Waals surface area contributed by atoms with Gasteiger partial charge in [0.2, 0.25) is 17.6 Å². The van der Waals surface area contributed by atoms with Crippen LogP contribution < -0.4 is 10.2 Å². The number of hydrogen-bond acceptors (Lipinski definition) is 6. The van der Waals surface area contributed by atoms with Gasteiger partial charge < -0.3 is 10.2 Å². The molecule has 1 aromatic carbocycles. The Balaban J connectivity index is 1.46. The van der Waals surface area contributed by atoms with Crippen LogP contribution in [0.4, 0.5) is 20.9 Å². The van der Waals surface area contributed by atoms with Gasteiger partial charge in [0, 0.05) is 23.9 Å². The molecule has 10 heteroatoms. The summed E-state index contributed by atoms with van der Waals surface area (Å²) in [5, 5.41) is 14.3. The van der Waals surface area contributed by atoms with Gasteiger partial charge in [-0.2, -0.15) is 4.39 Å². The Labute approximate surface area is 169 Å². The van der Waals surface area contributed by atoms with Crippen molar-refractivity contribution in [1.29, 1.82) is 0 Å². The van der Waals surface area contributed by atoms with Gasteiger partial charge in [-0.25, -0.2) is 4.98 Å². The molecule has 1 saturated heterocycles. The van der Waals surface area contributed by atoms with Crippen molar-refractivity contribution in [3.63, 3.8) is 0 Å². The minimum atomic E-state index is -0.969. The molecule has 2 aliphatic rings. The minimum Gasteiger partial charge on any atom is -0.311 e. The van der Waals surface area contributed by atoms with Gasteiger partial charge in [-0.1, -0.05) is 6.42 Å².